The SMILES string of the molecule is COc1cc(Cl)cc(C=O)c1OCCCC1CCCO1. The maximum atomic E-state index is 11.1. The Morgan fingerprint density at radius 2 is 2.35 bits per heavy atom. The van der Waals surface area contributed by atoms with E-state index in [9.17, 15) is 4.79 Å². The molecule has 0 bridgehead atoms. The van der Waals surface area contributed by atoms with Crippen molar-refractivity contribution in [3.8, 4) is 11.5 Å². The standard InChI is InChI=1S/C15H19ClO4/c1-18-14-9-12(16)8-11(10-17)15(14)20-7-3-5-13-4-2-6-19-13/h8-10,13H,2-7H2,1H3. The summed E-state index contributed by atoms with van der Waals surface area (Å²) >= 11 is 5.92. The van der Waals surface area contributed by atoms with Crippen LogP contribution in [-0.4, -0.2) is 32.7 Å². The van der Waals surface area contributed by atoms with Crippen LogP contribution in [0.15, 0.2) is 12.1 Å². The van der Waals surface area contributed by atoms with Crippen molar-refractivity contribution >= 4 is 17.9 Å². The molecule has 110 valence electrons. The molecule has 1 aromatic rings. The highest BCUT2D eigenvalue weighted by Crippen LogP contribution is 2.34. The summed E-state index contributed by atoms with van der Waals surface area (Å²) in [4.78, 5) is 11.1. The van der Waals surface area contributed by atoms with Gasteiger partial charge in [-0.25, -0.2) is 0 Å². The number of ether oxygens (including phenoxy) is 3. The Kier molecular flexibility index (Phi) is 5.68. The topological polar surface area (TPSA) is 44.8 Å². The molecule has 0 N–H and O–H groups in total. The molecular formula is C15H19ClO4. The van der Waals surface area contributed by atoms with Crippen LogP contribution in [0, 0.1) is 0 Å². The van der Waals surface area contributed by atoms with E-state index in [0.29, 0.717) is 34.8 Å². The van der Waals surface area contributed by atoms with Crippen LogP contribution in [0.5, 0.6) is 11.5 Å². The summed E-state index contributed by atoms with van der Waals surface area (Å²) in [6.45, 7) is 1.39. The van der Waals surface area contributed by atoms with E-state index in [1.807, 2.05) is 0 Å². The maximum absolute atomic E-state index is 11.1. The number of carbonyl (C=O) groups excluding carboxylic acids is 1. The lowest BCUT2D eigenvalue weighted by Gasteiger charge is -2.14. The van der Waals surface area contributed by atoms with Crippen molar-refractivity contribution in [3.63, 3.8) is 0 Å². The molecule has 0 aromatic heterocycles. The predicted octanol–water partition coefficient (Wildman–Crippen LogP) is 3.50. The Labute approximate surface area is 124 Å². The molecule has 0 aliphatic carbocycles. The van der Waals surface area contributed by atoms with Gasteiger partial charge in [-0.05, 0) is 31.7 Å². The highest BCUT2D eigenvalue weighted by molar-refractivity contribution is 6.31. The molecule has 1 saturated heterocycles. The fraction of sp³-hybridized carbons (Fsp3) is 0.533. The van der Waals surface area contributed by atoms with Gasteiger partial charge in [0, 0.05) is 17.7 Å². The van der Waals surface area contributed by atoms with Gasteiger partial charge >= 0.3 is 0 Å². The molecule has 1 heterocycles. The minimum absolute atomic E-state index is 0.358. The first-order valence-electron chi connectivity index (χ1n) is 6.81. The minimum atomic E-state index is 0.358. The summed E-state index contributed by atoms with van der Waals surface area (Å²) in [7, 11) is 1.53. The molecule has 0 spiro atoms. The van der Waals surface area contributed by atoms with Gasteiger partial charge in [-0.15, -0.1) is 0 Å². The van der Waals surface area contributed by atoms with Crippen molar-refractivity contribution < 1.29 is 19.0 Å². The van der Waals surface area contributed by atoms with Crippen LogP contribution in [-0.2, 0) is 4.74 Å². The molecule has 20 heavy (non-hydrogen) atoms. The second kappa shape index (κ2) is 7.50. The number of benzene rings is 1. The van der Waals surface area contributed by atoms with E-state index in [1.165, 1.54) is 7.11 Å². The summed E-state index contributed by atoms with van der Waals surface area (Å²) in [5.41, 5.74) is 0.409. The monoisotopic (exact) mass is 298 g/mol. The third-order valence-corrected chi connectivity index (χ3v) is 3.55. The summed E-state index contributed by atoms with van der Waals surface area (Å²) in [6.07, 6.45) is 5.22. The summed E-state index contributed by atoms with van der Waals surface area (Å²) in [5.74, 6) is 0.941. The zero-order valence-electron chi connectivity index (χ0n) is 11.6. The predicted molar refractivity (Wildman–Crippen MR) is 77.1 cm³/mol. The third-order valence-electron chi connectivity index (χ3n) is 3.34. The molecule has 0 saturated carbocycles. The van der Waals surface area contributed by atoms with E-state index in [4.69, 9.17) is 25.8 Å². The van der Waals surface area contributed by atoms with Gasteiger partial charge in [0.05, 0.1) is 25.4 Å². The quantitative estimate of drug-likeness (QED) is 0.571. The molecular weight excluding hydrogens is 280 g/mol. The van der Waals surface area contributed by atoms with Crippen molar-refractivity contribution in [3.05, 3.63) is 22.7 Å². The number of rotatable bonds is 7. The minimum Gasteiger partial charge on any atom is -0.493 e. The zero-order chi connectivity index (χ0) is 14.4. The number of aldehydes is 1. The first kappa shape index (κ1) is 15.1. The van der Waals surface area contributed by atoms with Crippen LogP contribution in [0.3, 0.4) is 0 Å². The first-order valence-corrected chi connectivity index (χ1v) is 7.19. The van der Waals surface area contributed by atoms with E-state index < -0.39 is 0 Å². The normalized spacial score (nSPS) is 18.0. The zero-order valence-corrected chi connectivity index (χ0v) is 12.3. The van der Waals surface area contributed by atoms with Crippen molar-refractivity contribution in [2.75, 3.05) is 20.3 Å². The summed E-state index contributed by atoms with van der Waals surface area (Å²) in [5, 5.41) is 0.454. The highest BCUT2D eigenvalue weighted by atomic mass is 35.5. The molecule has 1 fully saturated rings. The molecule has 1 unspecified atom stereocenters. The van der Waals surface area contributed by atoms with Crippen LogP contribution in [0.2, 0.25) is 5.02 Å². The van der Waals surface area contributed by atoms with Crippen molar-refractivity contribution in [1.82, 2.24) is 0 Å². The van der Waals surface area contributed by atoms with Gasteiger partial charge in [-0.1, -0.05) is 11.6 Å². The highest BCUT2D eigenvalue weighted by Gasteiger charge is 2.16. The molecule has 2 rings (SSSR count). The van der Waals surface area contributed by atoms with Crippen molar-refractivity contribution in [1.29, 1.82) is 0 Å². The number of methoxy groups -OCH3 is 1. The van der Waals surface area contributed by atoms with Crippen molar-refractivity contribution in [2.24, 2.45) is 0 Å². The van der Waals surface area contributed by atoms with Crippen LogP contribution in [0.25, 0.3) is 0 Å². The fourth-order valence-corrected chi connectivity index (χ4v) is 2.56. The Bertz CT molecular complexity index is 455. The Morgan fingerprint density at radius 3 is 3.00 bits per heavy atom. The van der Waals surface area contributed by atoms with Gasteiger partial charge in [0.1, 0.15) is 0 Å². The lowest BCUT2D eigenvalue weighted by Crippen LogP contribution is -2.08. The largest absolute Gasteiger partial charge is 0.493 e. The molecule has 1 aliphatic heterocycles. The molecule has 1 atom stereocenters. The third kappa shape index (κ3) is 3.87. The van der Waals surface area contributed by atoms with Crippen molar-refractivity contribution in [2.45, 2.75) is 31.8 Å². The van der Waals surface area contributed by atoms with Gasteiger partial charge in [0.15, 0.2) is 17.8 Å². The first-order chi connectivity index (χ1) is 9.74. The van der Waals surface area contributed by atoms with Gasteiger partial charge in [-0.3, -0.25) is 4.79 Å². The number of halogens is 1. The summed E-state index contributed by atoms with van der Waals surface area (Å²) < 4.78 is 16.5. The Hall–Kier alpha value is -1.26. The molecule has 5 heteroatoms. The van der Waals surface area contributed by atoms with Gasteiger partial charge in [0.25, 0.3) is 0 Å². The Balaban J connectivity index is 1.92. The Morgan fingerprint density at radius 1 is 1.50 bits per heavy atom. The maximum Gasteiger partial charge on any atom is 0.171 e. The molecule has 0 amide bonds. The molecule has 1 aliphatic rings. The van der Waals surface area contributed by atoms with Crippen LogP contribution < -0.4 is 9.47 Å². The van der Waals surface area contributed by atoms with Crippen LogP contribution in [0.4, 0.5) is 0 Å². The van der Waals surface area contributed by atoms with Gasteiger partial charge in [0.2, 0.25) is 0 Å². The van der Waals surface area contributed by atoms with Gasteiger partial charge in [-0.2, -0.15) is 0 Å². The second-order valence-electron chi connectivity index (χ2n) is 4.77. The number of hydrogen-bond donors (Lipinski definition) is 0. The molecule has 4 nitrogen and oxygen atoms in total. The van der Waals surface area contributed by atoms with Crippen LogP contribution >= 0.6 is 11.6 Å². The van der Waals surface area contributed by atoms with Crippen LogP contribution in [0.1, 0.15) is 36.0 Å². The smallest absolute Gasteiger partial charge is 0.171 e. The summed E-state index contributed by atoms with van der Waals surface area (Å²) in [6, 6.07) is 3.22. The number of hydrogen-bond acceptors (Lipinski definition) is 4. The average Bonchev–Trinajstić information content (AvgIpc) is 2.97. The van der Waals surface area contributed by atoms with E-state index in [-0.39, 0.29) is 0 Å². The average molecular weight is 299 g/mol. The molecule has 1 aromatic carbocycles. The lowest BCUT2D eigenvalue weighted by atomic mass is 10.1. The van der Waals surface area contributed by atoms with E-state index in [2.05, 4.69) is 0 Å². The van der Waals surface area contributed by atoms with Gasteiger partial charge < -0.3 is 14.2 Å². The van der Waals surface area contributed by atoms with E-state index in [0.717, 1.165) is 38.6 Å². The molecule has 0 radical (unpaired) electrons. The number of carbonyl (C=O) groups is 1. The van der Waals surface area contributed by atoms with E-state index >= 15 is 0 Å². The fourth-order valence-electron chi connectivity index (χ4n) is 2.34. The lowest BCUT2D eigenvalue weighted by molar-refractivity contribution is 0.0977. The second-order valence-corrected chi connectivity index (χ2v) is 5.21. The van der Waals surface area contributed by atoms with E-state index in [1.54, 1.807) is 12.1 Å².